The lowest BCUT2D eigenvalue weighted by Gasteiger charge is -2.27. The van der Waals surface area contributed by atoms with Gasteiger partial charge in [0.15, 0.2) is 0 Å². The van der Waals surface area contributed by atoms with Gasteiger partial charge in [0.2, 0.25) is 5.91 Å². The van der Waals surface area contributed by atoms with E-state index in [-0.39, 0.29) is 17.4 Å². The fourth-order valence-corrected chi connectivity index (χ4v) is 2.45. The molecule has 3 nitrogen and oxygen atoms in total. The van der Waals surface area contributed by atoms with Crippen LogP contribution in [0.15, 0.2) is 0 Å². The quantitative estimate of drug-likeness (QED) is 0.721. The summed E-state index contributed by atoms with van der Waals surface area (Å²) in [6.07, 6.45) is 5.19. The molecule has 1 unspecified atom stereocenters. The first-order chi connectivity index (χ1) is 6.98. The molecule has 86 valence electrons. The van der Waals surface area contributed by atoms with Crippen LogP contribution in [0.4, 0.5) is 0 Å². The highest BCUT2D eigenvalue weighted by Crippen LogP contribution is 2.29. The Hall–Kier alpha value is -0.640. The number of carbonyl (C=O) groups excluding carboxylic acids is 1. The van der Waals surface area contributed by atoms with Crippen molar-refractivity contribution in [2.24, 2.45) is 11.7 Å². The summed E-state index contributed by atoms with van der Waals surface area (Å²) in [5.41, 5.74) is 5.50. The summed E-state index contributed by atoms with van der Waals surface area (Å²) >= 11 is 4.89. The first-order valence-corrected chi connectivity index (χ1v) is 6.00. The van der Waals surface area contributed by atoms with Crippen LogP contribution in [0.1, 0.15) is 46.0 Å². The minimum absolute atomic E-state index is 0.00519. The van der Waals surface area contributed by atoms with E-state index in [2.05, 4.69) is 12.2 Å². The summed E-state index contributed by atoms with van der Waals surface area (Å²) in [7, 11) is 0. The lowest BCUT2D eigenvalue weighted by Crippen LogP contribution is -2.48. The number of nitrogens with two attached hydrogens (primary N) is 1. The maximum atomic E-state index is 11.9. The molecule has 1 fully saturated rings. The SMILES string of the molecule is CCC(C(=O)NC1(C)CCCC1)C(N)=S. The third kappa shape index (κ3) is 3.16. The van der Waals surface area contributed by atoms with Gasteiger partial charge < -0.3 is 11.1 Å². The first kappa shape index (κ1) is 12.4. The standard InChI is InChI=1S/C11H20N2OS/c1-3-8(9(12)15)10(14)13-11(2)6-4-5-7-11/h8H,3-7H2,1-2H3,(H2,12,15)(H,13,14). The van der Waals surface area contributed by atoms with Gasteiger partial charge in [0.25, 0.3) is 0 Å². The van der Waals surface area contributed by atoms with Gasteiger partial charge in [0, 0.05) is 5.54 Å². The van der Waals surface area contributed by atoms with E-state index in [1.54, 1.807) is 0 Å². The molecule has 0 bridgehead atoms. The monoisotopic (exact) mass is 228 g/mol. The number of amides is 1. The van der Waals surface area contributed by atoms with Crippen molar-refractivity contribution in [3.05, 3.63) is 0 Å². The third-order valence-corrected chi connectivity index (χ3v) is 3.48. The molecule has 0 aromatic heterocycles. The Bertz CT molecular complexity index is 259. The Morgan fingerprint density at radius 1 is 1.53 bits per heavy atom. The maximum absolute atomic E-state index is 11.9. The summed E-state index contributed by atoms with van der Waals surface area (Å²) in [5, 5.41) is 3.08. The predicted molar refractivity (Wildman–Crippen MR) is 65.6 cm³/mol. The number of nitrogens with one attached hydrogen (secondary N) is 1. The second kappa shape index (κ2) is 4.92. The molecule has 0 aliphatic heterocycles. The zero-order chi connectivity index (χ0) is 11.5. The van der Waals surface area contributed by atoms with Gasteiger partial charge in [-0.15, -0.1) is 0 Å². The van der Waals surface area contributed by atoms with Gasteiger partial charge in [-0.25, -0.2) is 0 Å². The van der Waals surface area contributed by atoms with E-state index in [4.69, 9.17) is 18.0 Å². The van der Waals surface area contributed by atoms with Crippen molar-refractivity contribution in [3.8, 4) is 0 Å². The van der Waals surface area contributed by atoms with E-state index in [0.717, 1.165) is 12.8 Å². The summed E-state index contributed by atoms with van der Waals surface area (Å²) in [6.45, 7) is 4.03. The van der Waals surface area contributed by atoms with Crippen molar-refractivity contribution in [1.29, 1.82) is 0 Å². The van der Waals surface area contributed by atoms with E-state index >= 15 is 0 Å². The smallest absolute Gasteiger partial charge is 0.230 e. The molecule has 1 saturated carbocycles. The van der Waals surface area contributed by atoms with Crippen LogP contribution < -0.4 is 11.1 Å². The Kier molecular flexibility index (Phi) is 4.08. The summed E-state index contributed by atoms with van der Waals surface area (Å²) in [4.78, 5) is 12.2. The molecule has 0 saturated heterocycles. The van der Waals surface area contributed by atoms with Crippen molar-refractivity contribution < 1.29 is 4.79 Å². The summed E-state index contributed by atoms with van der Waals surface area (Å²) < 4.78 is 0. The number of rotatable bonds is 4. The highest BCUT2D eigenvalue weighted by molar-refractivity contribution is 7.80. The molecule has 0 aromatic rings. The highest BCUT2D eigenvalue weighted by Gasteiger charge is 2.32. The minimum atomic E-state index is -0.308. The van der Waals surface area contributed by atoms with Gasteiger partial charge in [0.05, 0.1) is 10.9 Å². The molecule has 0 radical (unpaired) electrons. The van der Waals surface area contributed by atoms with Crippen LogP contribution in [0, 0.1) is 5.92 Å². The molecule has 1 amide bonds. The van der Waals surface area contributed by atoms with Crippen LogP contribution >= 0.6 is 12.2 Å². The van der Waals surface area contributed by atoms with Gasteiger partial charge in [-0.05, 0) is 26.2 Å². The molecular weight excluding hydrogens is 208 g/mol. The fraction of sp³-hybridized carbons (Fsp3) is 0.818. The molecule has 0 spiro atoms. The van der Waals surface area contributed by atoms with E-state index in [0.29, 0.717) is 11.4 Å². The number of hydrogen-bond donors (Lipinski definition) is 2. The van der Waals surface area contributed by atoms with Gasteiger partial charge >= 0.3 is 0 Å². The van der Waals surface area contributed by atoms with E-state index in [1.807, 2.05) is 6.92 Å². The zero-order valence-corrected chi connectivity index (χ0v) is 10.3. The first-order valence-electron chi connectivity index (χ1n) is 5.60. The molecule has 3 N–H and O–H groups in total. The van der Waals surface area contributed by atoms with Crippen molar-refractivity contribution in [2.45, 2.75) is 51.5 Å². The fourth-order valence-electron chi connectivity index (χ4n) is 2.18. The second-order valence-electron chi connectivity index (χ2n) is 4.62. The Labute approximate surface area is 96.8 Å². The summed E-state index contributed by atoms with van der Waals surface area (Å²) in [5.74, 6) is -0.313. The molecule has 1 rings (SSSR count). The van der Waals surface area contributed by atoms with Gasteiger partial charge in [-0.1, -0.05) is 32.0 Å². The molecular formula is C11H20N2OS. The van der Waals surface area contributed by atoms with Crippen LogP contribution in [0.25, 0.3) is 0 Å². The lowest BCUT2D eigenvalue weighted by atomic mass is 9.98. The molecule has 1 aliphatic rings. The number of hydrogen-bond acceptors (Lipinski definition) is 2. The molecule has 4 heteroatoms. The van der Waals surface area contributed by atoms with E-state index in [1.165, 1.54) is 12.8 Å². The van der Waals surface area contributed by atoms with Crippen molar-refractivity contribution in [1.82, 2.24) is 5.32 Å². The van der Waals surface area contributed by atoms with Crippen LogP contribution in [-0.4, -0.2) is 16.4 Å². The Morgan fingerprint density at radius 3 is 2.47 bits per heavy atom. The van der Waals surface area contributed by atoms with Crippen LogP contribution in [-0.2, 0) is 4.79 Å². The lowest BCUT2D eigenvalue weighted by molar-refractivity contribution is -0.124. The molecule has 1 aliphatic carbocycles. The molecule has 1 atom stereocenters. The number of thiocarbonyl (C=S) groups is 1. The Balaban J connectivity index is 2.57. The van der Waals surface area contributed by atoms with Crippen LogP contribution in [0.3, 0.4) is 0 Å². The number of carbonyl (C=O) groups is 1. The van der Waals surface area contributed by atoms with Crippen LogP contribution in [0.2, 0.25) is 0 Å². The molecule has 0 heterocycles. The van der Waals surface area contributed by atoms with E-state index < -0.39 is 0 Å². The second-order valence-corrected chi connectivity index (χ2v) is 5.09. The van der Waals surface area contributed by atoms with Crippen molar-refractivity contribution >= 4 is 23.1 Å². The van der Waals surface area contributed by atoms with Crippen LogP contribution in [0.5, 0.6) is 0 Å². The minimum Gasteiger partial charge on any atom is -0.393 e. The Morgan fingerprint density at radius 2 is 2.07 bits per heavy atom. The van der Waals surface area contributed by atoms with Gasteiger partial charge in [0.1, 0.15) is 0 Å². The van der Waals surface area contributed by atoms with E-state index in [9.17, 15) is 4.79 Å². The maximum Gasteiger partial charge on any atom is 0.230 e. The topological polar surface area (TPSA) is 55.1 Å². The zero-order valence-electron chi connectivity index (χ0n) is 9.51. The summed E-state index contributed by atoms with van der Waals surface area (Å²) in [6, 6.07) is 0. The van der Waals surface area contributed by atoms with Gasteiger partial charge in [-0.3, -0.25) is 4.79 Å². The molecule has 15 heavy (non-hydrogen) atoms. The average Bonchev–Trinajstić information content (AvgIpc) is 2.51. The van der Waals surface area contributed by atoms with Crippen molar-refractivity contribution in [3.63, 3.8) is 0 Å². The van der Waals surface area contributed by atoms with Crippen molar-refractivity contribution in [2.75, 3.05) is 0 Å². The third-order valence-electron chi connectivity index (χ3n) is 3.20. The highest BCUT2D eigenvalue weighted by atomic mass is 32.1. The molecule has 0 aromatic carbocycles. The normalized spacial score (nSPS) is 20.9. The average molecular weight is 228 g/mol. The predicted octanol–water partition coefficient (Wildman–Crippen LogP) is 1.75. The van der Waals surface area contributed by atoms with Gasteiger partial charge in [-0.2, -0.15) is 0 Å². The largest absolute Gasteiger partial charge is 0.393 e.